The predicted octanol–water partition coefficient (Wildman–Crippen LogP) is 2.40. The van der Waals surface area contributed by atoms with Crippen LogP contribution < -0.4 is 9.80 Å². The molecule has 3 aromatic carbocycles. The largest absolute Gasteiger partial charge is 0.507 e. The van der Waals surface area contributed by atoms with Gasteiger partial charge in [-0.15, -0.1) is 0 Å². The van der Waals surface area contributed by atoms with Crippen molar-refractivity contribution in [2.45, 2.75) is 4.90 Å². The monoisotopic (exact) mass is 507 g/mol. The first-order valence-corrected chi connectivity index (χ1v) is 12.5. The molecule has 0 bridgehead atoms. The smallest absolute Gasteiger partial charge is 0.339 e. The Balaban J connectivity index is 1.30. The molecule has 2 heterocycles. The number of imide groups is 1. The standard InChI is InChI=1S/C25H21N3O7S/c29-22-10-7-17(15-21(22)25(32)33)26-11-13-27(14-12-26)36(34,35)18-8-5-16(6-9-18)28-23(30)19-3-1-2-4-20(19)24(28)31/h1-10,15,29H,11-14H2,(H,32,33). The molecule has 0 unspecified atom stereocenters. The molecule has 2 aliphatic rings. The Hall–Kier alpha value is -4.22. The third kappa shape index (κ3) is 3.88. The molecule has 0 aromatic heterocycles. The highest BCUT2D eigenvalue weighted by atomic mass is 32.2. The minimum atomic E-state index is -3.83. The fraction of sp³-hybridized carbons (Fsp3) is 0.160. The van der Waals surface area contributed by atoms with Crippen LogP contribution in [0, 0.1) is 0 Å². The number of sulfonamides is 1. The lowest BCUT2D eigenvalue weighted by molar-refractivity contribution is 0.0693. The Kier molecular flexibility index (Phi) is 5.73. The zero-order valence-electron chi connectivity index (χ0n) is 18.9. The summed E-state index contributed by atoms with van der Waals surface area (Å²) in [6.07, 6.45) is 0. The lowest BCUT2D eigenvalue weighted by atomic mass is 10.1. The normalized spacial score (nSPS) is 16.3. The van der Waals surface area contributed by atoms with Crippen LogP contribution in [0.2, 0.25) is 0 Å². The lowest BCUT2D eigenvalue weighted by Gasteiger charge is -2.35. The molecular formula is C25H21N3O7S. The van der Waals surface area contributed by atoms with E-state index in [-0.39, 0.29) is 35.0 Å². The molecule has 10 nitrogen and oxygen atoms in total. The number of hydrogen-bond acceptors (Lipinski definition) is 7. The SMILES string of the molecule is O=C(O)c1cc(N2CCN(S(=O)(=O)c3ccc(N4C(=O)c5ccccc5C4=O)cc3)CC2)ccc1O. The van der Waals surface area contributed by atoms with Crippen molar-refractivity contribution in [1.82, 2.24) is 4.31 Å². The number of carbonyl (C=O) groups is 3. The van der Waals surface area contributed by atoms with Gasteiger partial charge in [-0.05, 0) is 54.6 Å². The van der Waals surface area contributed by atoms with Crippen LogP contribution in [0.4, 0.5) is 11.4 Å². The molecule has 11 heteroatoms. The maximum atomic E-state index is 13.2. The van der Waals surface area contributed by atoms with Crippen molar-refractivity contribution in [2.24, 2.45) is 0 Å². The molecule has 0 atom stereocenters. The number of piperazine rings is 1. The summed E-state index contributed by atoms with van der Waals surface area (Å²) in [5.41, 5.74) is 1.25. The van der Waals surface area contributed by atoms with Crippen LogP contribution in [0.3, 0.4) is 0 Å². The number of aromatic carboxylic acids is 1. The highest BCUT2D eigenvalue weighted by molar-refractivity contribution is 7.89. The summed E-state index contributed by atoms with van der Waals surface area (Å²) in [6, 6.07) is 16.4. The maximum Gasteiger partial charge on any atom is 0.339 e. The van der Waals surface area contributed by atoms with E-state index in [1.165, 1.54) is 40.7 Å². The molecular weight excluding hydrogens is 486 g/mol. The van der Waals surface area contributed by atoms with Crippen molar-refractivity contribution in [3.63, 3.8) is 0 Å². The molecule has 5 rings (SSSR count). The van der Waals surface area contributed by atoms with Gasteiger partial charge in [-0.2, -0.15) is 4.31 Å². The molecule has 2 amide bonds. The molecule has 184 valence electrons. The number of anilines is 2. The van der Waals surface area contributed by atoms with Gasteiger partial charge in [0.25, 0.3) is 11.8 Å². The zero-order chi connectivity index (χ0) is 25.6. The van der Waals surface area contributed by atoms with Crippen LogP contribution in [-0.4, -0.2) is 66.9 Å². The van der Waals surface area contributed by atoms with Crippen molar-refractivity contribution in [1.29, 1.82) is 0 Å². The third-order valence-corrected chi connectivity index (χ3v) is 8.25. The highest BCUT2D eigenvalue weighted by Crippen LogP contribution is 2.30. The van der Waals surface area contributed by atoms with E-state index in [1.54, 1.807) is 30.3 Å². The highest BCUT2D eigenvalue weighted by Gasteiger charge is 2.36. The minimum Gasteiger partial charge on any atom is -0.507 e. The summed E-state index contributed by atoms with van der Waals surface area (Å²) >= 11 is 0. The molecule has 2 N–H and O–H groups in total. The van der Waals surface area contributed by atoms with Crippen LogP contribution in [0.5, 0.6) is 5.75 Å². The van der Waals surface area contributed by atoms with Gasteiger partial charge >= 0.3 is 5.97 Å². The van der Waals surface area contributed by atoms with Gasteiger partial charge in [0.2, 0.25) is 10.0 Å². The molecule has 1 saturated heterocycles. The number of carboxylic acids is 1. The van der Waals surface area contributed by atoms with E-state index in [4.69, 9.17) is 0 Å². The van der Waals surface area contributed by atoms with Crippen molar-refractivity contribution >= 4 is 39.2 Å². The average molecular weight is 508 g/mol. The first kappa shape index (κ1) is 23.5. The van der Waals surface area contributed by atoms with Gasteiger partial charge in [-0.3, -0.25) is 9.59 Å². The zero-order valence-corrected chi connectivity index (χ0v) is 19.7. The quantitative estimate of drug-likeness (QED) is 0.503. The van der Waals surface area contributed by atoms with E-state index in [0.29, 0.717) is 29.9 Å². The van der Waals surface area contributed by atoms with Crippen molar-refractivity contribution in [3.05, 3.63) is 83.4 Å². The first-order chi connectivity index (χ1) is 17.2. The molecule has 36 heavy (non-hydrogen) atoms. The van der Waals surface area contributed by atoms with Crippen LogP contribution >= 0.6 is 0 Å². The topological polar surface area (TPSA) is 136 Å². The Morgan fingerprint density at radius 3 is 1.89 bits per heavy atom. The Bertz CT molecular complexity index is 1460. The molecule has 0 spiro atoms. The summed E-state index contributed by atoms with van der Waals surface area (Å²) in [4.78, 5) is 39.6. The number of aromatic hydroxyl groups is 1. The minimum absolute atomic E-state index is 0.0362. The number of benzene rings is 3. The van der Waals surface area contributed by atoms with E-state index < -0.39 is 27.8 Å². The number of fused-ring (bicyclic) bond motifs is 1. The Morgan fingerprint density at radius 1 is 0.778 bits per heavy atom. The van der Waals surface area contributed by atoms with Gasteiger partial charge in [-0.25, -0.2) is 18.1 Å². The van der Waals surface area contributed by atoms with Crippen LogP contribution in [-0.2, 0) is 10.0 Å². The fourth-order valence-electron chi connectivity index (χ4n) is 4.42. The van der Waals surface area contributed by atoms with Gasteiger partial charge in [0.15, 0.2) is 0 Å². The number of rotatable bonds is 5. The Labute approximate surface area is 206 Å². The predicted molar refractivity (Wildman–Crippen MR) is 130 cm³/mol. The van der Waals surface area contributed by atoms with Gasteiger partial charge in [0.1, 0.15) is 11.3 Å². The van der Waals surface area contributed by atoms with Gasteiger partial charge in [0.05, 0.1) is 21.7 Å². The number of nitrogens with zero attached hydrogens (tertiary/aromatic N) is 3. The van der Waals surface area contributed by atoms with Gasteiger partial charge in [-0.1, -0.05) is 12.1 Å². The number of amides is 2. The summed E-state index contributed by atoms with van der Waals surface area (Å²) in [7, 11) is -3.83. The second-order valence-corrected chi connectivity index (χ2v) is 10.3. The van der Waals surface area contributed by atoms with E-state index in [1.807, 2.05) is 4.90 Å². The average Bonchev–Trinajstić information content (AvgIpc) is 3.14. The van der Waals surface area contributed by atoms with E-state index in [2.05, 4.69) is 0 Å². The second-order valence-electron chi connectivity index (χ2n) is 8.38. The van der Waals surface area contributed by atoms with Crippen molar-refractivity contribution in [2.75, 3.05) is 36.0 Å². The maximum absolute atomic E-state index is 13.2. The fourth-order valence-corrected chi connectivity index (χ4v) is 5.84. The number of phenols is 1. The van der Waals surface area contributed by atoms with E-state index in [9.17, 15) is 33.0 Å². The first-order valence-electron chi connectivity index (χ1n) is 11.1. The molecule has 2 aliphatic heterocycles. The summed E-state index contributed by atoms with van der Waals surface area (Å²) in [5.74, 6) is -2.50. The lowest BCUT2D eigenvalue weighted by Crippen LogP contribution is -2.48. The van der Waals surface area contributed by atoms with Gasteiger partial charge < -0.3 is 15.1 Å². The number of hydrogen-bond donors (Lipinski definition) is 2. The Morgan fingerprint density at radius 2 is 1.33 bits per heavy atom. The molecule has 1 fully saturated rings. The molecule has 0 saturated carbocycles. The second kappa shape index (κ2) is 8.77. The summed E-state index contributed by atoms with van der Waals surface area (Å²) < 4.78 is 27.7. The van der Waals surface area contributed by atoms with Crippen molar-refractivity contribution < 1.29 is 33.0 Å². The number of carboxylic acid groups (broad SMARTS) is 1. The summed E-state index contributed by atoms with van der Waals surface area (Å²) in [6.45, 7) is 1.00. The molecule has 0 radical (unpaired) electrons. The van der Waals surface area contributed by atoms with Crippen LogP contribution in [0.1, 0.15) is 31.1 Å². The molecule has 3 aromatic rings. The van der Waals surface area contributed by atoms with E-state index in [0.717, 1.165) is 4.90 Å². The third-order valence-electron chi connectivity index (χ3n) is 6.34. The van der Waals surface area contributed by atoms with Gasteiger partial charge in [0, 0.05) is 31.9 Å². The molecule has 0 aliphatic carbocycles. The van der Waals surface area contributed by atoms with Crippen LogP contribution in [0.15, 0.2) is 71.6 Å². The number of carbonyl (C=O) groups excluding carboxylic acids is 2. The summed E-state index contributed by atoms with van der Waals surface area (Å²) in [5, 5.41) is 18.9. The van der Waals surface area contributed by atoms with Crippen molar-refractivity contribution in [3.8, 4) is 5.75 Å². The van der Waals surface area contributed by atoms with Crippen LogP contribution in [0.25, 0.3) is 0 Å². The van der Waals surface area contributed by atoms with E-state index >= 15 is 0 Å².